The second-order valence-electron chi connectivity index (χ2n) is 6.18. The number of amides is 1. The molecule has 0 aliphatic rings. The van der Waals surface area contributed by atoms with Crippen molar-refractivity contribution in [3.8, 4) is 5.69 Å². The standard InChI is InChI=1S/C20H19BrFN3O/c1-13-18(14(2)25(23-13)16-7-5-4-6-8-16)12-24(3)20(26)17-11-15(22)9-10-19(17)21/h4-11H,12H2,1-3H3. The van der Waals surface area contributed by atoms with E-state index in [9.17, 15) is 9.18 Å². The van der Waals surface area contributed by atoms with Gasteiger partial charge in [-0.05, 0) is 60.1 Å². The number of nitrogens with zero attached hydrogens (tertiary/aromatic N) is 3. The molecule has 1 heterocycles. The van der Waals surface area contributed by atoms with Crippen molar-refractivity contribution in [2.24, 2.45) is 0 Å². The maximum atomic E-state index is 13.5. The second kappa shape index (κ2) is 7.41. The van der Waals surface area contributed by atoms with Crippen LogP contribution in [0.25, 0.3) is 5.69 Å². The summed E-state index contributed by atoms with van der Waals surface area (Å²) in [5.74, 6) is -0.683. The molecule has 0 spiro atoms. The van der Waals surface area contributed by atoms with E-state index in [4.69, 9.17) is 0 Å². The highest BCUT2D eigenvalue weighted by Crippen LogP contribution is 2.23. The number of aromatic nitrogens is 2. The van der Waals surface area contributed by atoms with Crippen LogP contribution in [0.3, 0.4) is 0 Å². The first-order valence-corrected chi connectivity index (χ1v) is 8.99. The minimum atomic E-state index is -0.436. The van der Waals surface area contributed by atoms with Gasteiger partial charge in [0.2, 0.25) is 0 Å². The minimum Gasteiger partial charge on any atom is -0.337 e. The molecule has 0 saturated heterocycles. The fourth-order valence-electron chi connectivity index (χ4n) is 2.90. The highest BCUT2D eigenvalue weighted by molar-refractivity contribution is 9.10. The second-order valence-corrected chi connectivity index (χ2v) is 7.04. The minimum absolute atomic E-state index is 0.248. The van der Waals surface area contributed by atoms with Gasteiger partial charge >= 0.3 is 0 Å². The third kappa shape index (κ3) is 3.55. The SMILES string of the molecule is Cc1nn(-c2ccccc2)c(C)c1CN(C)C(=O)c1cc(F)ccc1Br. The fraction of sp³-hybridized carbons (Fsp3) is 0.200. The summed E-state index contributed by atoms with van der Waals surface area (Å²) in [6, 6.07) is 14.0. The zero-order valence-electron chi connectivity index (χ0n) is 14.8. The fourth-order valence-corrected chi connectivity index (χ4v) is 3.32. The van der Waals surface area contributed by atoms with Gasteiger partial charge in [-0.15, -0.1) is 0 Å². The molecule has 0 aliphatic heterocycles. The Balaban J connectivity index is 1.88. The maximum absolute atomic E-state index is 13.5. The van der Waals surface area contributed by atoms with E-state index in [-0.39, 0.29) is 5.91 Å². The van der Waals surface area contributed by atoms with Crippen LogP contribution in [0.2, 0.25) is 0 Å². The Bertz CT molecular complexity index is 953. The van der Waals surface area contributed by atoms with Crippen LogP contribution in [-0.2, 0) is 6.54 Å². The van der Waals surface area contributed by atoms with Crippen LogP contribution < -0.4 is 0 Å². The van der Waals surface area contributed by atoms with Crippen LogP contribution in [0, 0.1) is 19.7 Å². The van der Waals surface area contributed by atoms with Crippen LogP contribution in [0.5, 0.6) is 0 Å². The van der Waals surface area contributed by atoms with Gasteiger partial charge in [-0.2, -0.15) is 5.10 Å². The Kier molecular flexibility index (Phi) is 5.23. The molecule has 3 aromatic rings. The number of hydrogen-bond donors (Lipinski definition) is 0. The largest absolute Gasteiger partial charge is 0.337 e. The molecule has 0 atom stereocenters. The number of carbonyl (C=O) groups excluding carboxylic acids is 1. The lowest BCUT2D eigenvalue weighted by molar-refractivity contribution is 0.0783. The molecule has 0 N–H and O–H groups in total. The lowest BCUT2D eigenvalue weighted by atomic mass is 10.1. The maximum Gasteiger partial charge on any atom is 0.255 e. The van der Waals surface area contributed by atoms with Crippen molar-refractivity contribution < 1.29 is 9.18 Å². The van der Waals surface area contributed by atoms with Crippen LogP contribution in [0.4, 0.5) is 4.39 Å². The van der Waals surface area contributed by atoms with Gasteiger partial charge in [0, 0.05) is 29.3 Å². The Hall–Kier alpha value is -2.47. The average molecular weight is 416 g/mol. The summed E-state index contributed by atoms with van der Waals surface area (Å²) in [6.45, 7) is 4.31. The third-order valence-corrected chi connectivity index (χ3v) is 5.03. The number of aryl methyl sites for hydroxylation is 1. The van der Waals surface area contributed by atoms with Gasteiger partial charge in [0.05, 0.1) is 16.9 Å². The monoisotopic (exact) mass is 415 g/mol. The Morgan fingerprint density at radius 1 is 1.19 bits per heavy atom. The molecule has 134 valence electrons. The van der Waals surface area contributed by atoms with Gasteiger partial charge in [-0.1, -0.05) is 18.2 Å². The molecule has 6 heteroatoms. The third-order valence-electron chi connectivity index (χ3n) is 4.34. The van der Waals surface area contributed by atoms with E-state index in [2.05, 4.69) is 21.0 Å². The van der Waals surface area contributed by atoms with Gasteiger partial charge < -0.3 is 4.90 Å². The van der Waals surface area contributed by atoms with E-state index in [1.54, 1.807) is 18.0 Å². The van der Waals surface area contributed by atoms with Crippen LogP contribution in [0.15, 0.2) is 53.0 Å². The Labute approximate surface area is 160 Å². The predicted molar refractivity (Wildman–Crippen MR) is 103 cm³/mol. The number of carbonyl (C=O) groups is 1. The first kappa shape index (κ1) is 18.3. The highest BCUT2D eigenvalue weighted by Gasteiger charge is 2.20. The number of benzene rings is 2. The van der Waals surface area contributed by atoms with E-state index < -0.39 is 5.82 Å². The van der Waals surface area contributed by atoms with Crippen molar-refractivity contribution in [1.29, 1.82) is 0 Å². The molecule has 0 bridgehead atoms. The number of hydrogen-bond acceptors (Lipinski definition) is 2. The van der Waals surface area contributed by atoms with Gasteiger partial charge in [0.15, 0.2) is 0 Å². The van der Waals surface area contributed by atoms with Gasteiger partial charge in [0.25, 0.3) is 5.91 Å². The summed E-state index contributed by atoms with van der Waals surface area (Å²) >= 11 is 3.32. The van der Waals surface area contributed by atoms with Gasteiger partial charge in [-0.3, -0.25) is 4.79 Å². The first-order chi connectivity index (χ1) is 12.4. The predicted octanol–water partition coefficient (Wildman–Crippen LogP) is 4.66. The zero-order valence-corrected chi connectivity index (χ0v) is 16.4. The number of para-hydroxylation sites is 1. The lowest BCUT2D eigenvalue weighted by Crippen LogP contribution is -2.27. The average Bonchev–Trinajstić information content (AvgIpc) is 2.92. The molecule has 0 fully saturated rings. The molecule has 1 amide bonds. The molecular weight excluding hydrogens is 397 g/mol. The van der Waals surface area contributed by atoms with Crippen LogP contribution in [0.1, 0.15) is 27.3 Å². The molecular formula is C20H19BrFN3O. The normalized spacial score (nSPS) is 10.8. The number of rotatable bonds is 4. The molecule has 0 aliphatic carbocycles. The van der Waals surface area contributed by atoms with Crippen molar-refractivity contribution in [2.45, 2.75) is 20.4 Å². The van der Waals surface area contributed by atoms with Gasteiger partial charge in [-0.25, -0.2) is 9.07 Å². The molecule has 2 aromatic carbocycles. The summed E-state index contributed by atoms with van der Waals surface area (Å²) in [7, 11) is 1.71. The topological polar surface area (TPSA) is 38.1 Å². The van der Waals surface area contributed by atoms with E-state index in [1.165, 1.54) is 12.1 Å². The molecule has 4 nitrogen and oxygen atoms in total. The van der Waals surface area contributed by atoms with E-state index in [1.807, 2.05) is 48.9 Å². The molecule has 26 heavy (non-hydrogen) atoms. The number of halogens is 2. The summed E-state index contributed by atoms with van der Waals surface area (Å²) in [6.07, 6.45) is 0. The Morgan fingerprint density at radius 2 is 1.88 bits per heavy atom. The molecule has 0 unspecified atom stereocenters. The van der Waals surface area contributed by atoms with Crippen molar-refractivity contribution in [2.75, 3.05) is 7.05 Å². The van der Waals surface area contributed by atoms with Crippen molar-refractivity contribution >= 4 is 21.8 Å². The van der Waals surface area contributed by atoms with E-state index >= 15 is 0 Å². The summed E-state index contributed by atoms with van der Waals surface area (Å²) in [5.41, 5.74) is 4.10. The lowest BCUT2D eigenvalue weighted by Gasteiger charge is -2.18. The van der Waals surface area contributed by atoms with Gasteiger partial charge in [0.1, 0.15) is 5.82 Å². The molecule has 0 radical (unpaired) electrons. The molecule has 3 rings (SSSR count). The highest BCUT2D eigenvalue weighted by atomic mass is 79.9. The van der Waals surface area contributed by atoms with E-state index in [0.717, 1.165) is 22.6 Å². The van der Waals surface area contributed by atoms with Crippen LogP contribution >= 0.6 is 15.9 Å². The smallest absolute Gasteiger partial charge is 0.255 e. The summed E-state index contributed by atoms with van der Waals surface area (Å²) in [4.78, 5) is 14.3. The van der Waals surface area contributed by atoms with Crippen LogP contribution in [-0.4, -0.2) is 27.6 Å². The quantitative estimate of drug-likeness (QED) is 0.621. The van der Waals surface area contributed by atoms with Crippen molar-refractivity contribution in [3.63, 3.8) is 0 Å². The van der Waals surface area contributed by atoms with Crippen molar-refractivity contribution in [1.82, 2.24) is 14.7 Å². The molecule has 1 aromatic heterocycles. The van der Waals surface area contributed by atoms with E-state index in [0.29, 0.717) is 16.6 Å². The molecule has 0 saturated carbocycles. The van der Waals surface area contributed by atoms with Crippen molar-refractivity contribution in [3.05, 3.63) is 81.3 Å². The zero-order chi connectivity index (χ0) is 18.8. The first-order valence-electron chi connectivity index (χ1n) is 8.19. The Morgan fingerprint density at radius 3 is 2.58 bits per heavy atom. The summed E-state index contributed by atoms with van der Waals surface area (Å²) in [5, 5.41) is 4.61. The summed E-state index contributed by atoms with van der Waals surface area (Å²) < 4.78 is 16.0.